The van der Waals surface area contributed by atoms with E-state index in [-0.39, 0.29) is 48.3 Å². The van der Waals surface area contributed by atoms with E-state index >= 15 is 0 Å². The monoisotopic (exact) mass is 115 g/mol. The van der Waals surface area contributed by atoms with Gasteiger partial charge in [-0.2, -0.15) is 0 Å². The third-order valence-corrected chi connectivity index (χ3v) is 0. The average Bonchev–Trinajstić information content (AvgIpc) is 0. The Morgan fingerprint density at radius 3 is 1.00 bits per heavy atom. The molecule has 0 aliphatic heterocycles. The van der Waals surface area contributed by atoms with Crippen LogP contribution in [0.3, 0.4) is 0 Å². The topological polar surface area (TPSA) is 35.0 Å². The van der Waals surface area contributed by atoms with Gasteiger partial charge in [0.25, 0.3) is 0 Å². The second kappa shape index (κ2) is 35.1. The van der Waals surface area contributed by atoms with Crippen molar-refractivity contribution in [3.8, 4) is 0 Å². The molecule has 0 aromatic rings. The van der Waals surface area contributed by atoms with Gasteiger partial charge >= 0.3 is 0 Å². The van der Waals surface area contributed by atoms with Crippen LogP contribution in [0.15, 0.2) is 0 Å². The maximum Gasteiger partial charge on any atom is 0.187 e. The summed E-state index contributed by atoms with van der Waals surface area (Å²) in [7, 11) is 0. The Morgan fingerprint density at radius 1 is 1.00 bits per heavy atom. The zero-order valence-corrected chi connectivity index (χ0v) is 2.39. The number of hydrogen-bond acceptors (Lipinski definition) is 1. The molecule has 0 saturated carbocycles. The van der Waals surface area contributed by atoms with Crippen LogP contribution in [-0.4, -0.2) is 17.4 Å². The third kappa shape index (κ3) is 11.8. The minimum atomic E-state index is 0. The maximum absolute atomic E-state index is 0. The summed E-state index contributed by atoms with van der Waals surface area (Å²) in [5.74, 6) is 0. The minimum Gasteiger partial charge on any atom is -0.344 e. The average molecular weight is 115 g/mol. The summed E-state index contributed by atoms with van der Waals surface area (Å²) in [5.41, 5.74) is 0. The van der Waals surface area contributed by atoms with E-state index in [2.05, 4.69) is 0 Å². The second-order valence-corrected chi connectivity index (χ2v) is 0. The summed E-state index contributed by atoms with van der Waals surface area (Å²) in [6, 6.07) is 0. The molecule has 3 N–H and O–H groups in total. The first-order valence-electron chi connectivity index (χ1n) is 0. The van der Waals surface area contributed by atoms with E-state index in [1.165, 1.54) is 0 Å². The van der Waals surface area contributed by atoms with Gasteiger partial charge in [-0.3, -0.25) is 0 Å². The predicted molar refractivity (Wildman–Crippen MR) is 21.7 cm³/mol. The van der Waals surface area contributed by atoms with Gasteiger partial charge in [0.2, 0.25) is 0 Å². The Balaban J connectivity index is 0. The van der Waals surface area contributed by atoms with Crippen molar-refractivity contribution < 1.29 is 17.4 Å². The maximum atomic E-state index is 0. The molecule has 0 bridgehead atoms. The van der Waals surface area contributed by atoms with Crippen LogP contribution in [-0.2, 0) is 17.4 Å². The van der Waals surface area contributed by atoms with E-state index in [9.17, 15) is 0 Å². The molecule has 0 spiro atoms. The van der Waals surface area contributed by atoms with Crippen LogP contribution in [0.2, 0.25) is 0 Å². The molecule has 0 amide bonds. The van der Waals surface area contributed by atoms with Crippen LogP contribution in [0, 0.1) is 0 Å². The molecule has 0 radical (unpaired) electrons. The molecular formula is CH10AlCrN. The molecule has 3 heteroatoms. The summed E-state index contributed by atoms with van der Waals surface area (Å²) >= 11 is 0. The fourth-order valence-corrected chi connectivity index (χ4v) is 0. The van der Waals surface area contributed by atoms with Crippen molar-refractivity contribution in [1.29, 1.82) is 0 Å². The molecule has 1 nitrogen and oxygen atoms in total. The van der Waals surface area contributed by atoms with Crippen LogP contribution >= 0.6 is 0 Å². The van der Waals surface area contributed by atoms with Crippen molar-refractivity contribution >= 4 is 17.4 Å². The zero-order chi connectivity index (χ0) is 0. The van der Waals surface area contributed by atoms with Gasteiger partial charge in [-0.15, -0.1) is 0 Å². The van der Waals surface area contributed by atoms with Crippen LogP contribution in [0.25, 0.3) is 0 Å². The van der Waals surface area contributed by atoms with E-state index in [1.807, 2.05) is 0 Å². The minimum absolute atomic E-state index is 0. The summed E-state index contributed by atoms with van der Waals surface area (Å²) in [6.07, 6.45) is 0. The molecular weight excluding hydrogens is 105 g/mol. The number of hydrogen-bond donors (Lipinski definition) is 1. The largest absolute Gasteiger partial charge is 0.344 e. The molecule has 0 unspecified atom stereocenters. The van der Waals surface area contributed by atoms with Crippen molar-refractivity contribution in [3.63, 3.8) is 0 Å². The molecule has 0 aliphatic rings. The molecule has 0 saturated heterocycles. The van der Waals surface area contributed by atoms with Crippen molar-refractivity contribution in [2.75, 3.05) is 0 Å². The number of rotatable bonds is 0. The summed E-state index contributed by atoms with van der Waals surface area (Å²) < 4.78 is 0. The Morgan fingerprint density at radius 2 is 1.00 bits per heavy atom. The van der Waals surface area contributed by atoms with Gasteiger partial charge < -0.3 is 6.15 Å². The fraction of sp³-hybridized carbons (Fsp3) is 1.00. The molecule has 0 fully saturated rings. The molecule has 0 aliphatic carbocycles. The Hall–Kier alpha value is 1.02. The molecule has 0 aromatic heterocycles. The molecule has 0 atom stereocenters. The van der Waals surface area contributed by atoms with Crippen molar-refractivity contribution in [3.05, 3.63) is 0 Å². The van der Waals surface area contributed by atoms with Gasteiger partial charge in [0.05, 0.1) is 0 Å². The van der Waals surface area contributed by atoms with Gasteiger partial charge in [-0.1, -0.05) is 7.43 Å². The molecule has 0 aromatic carbocycles. The van der Waals surface area contributed by atoms with E-state index in [0.717, 1.165) is 0 Å². The van der Waals surface area contributed by atoms with Gasteiger partial charge in [0, 0.05) is 17.4 Å². The summed E-state index contributed by atoms with van der Waals surface area (Å²) in [5, 5.41) is 0. The van der Waals surface area contributed by atoms with Crippen LogP contribution in [0.5, 0.6) is 0 Å². The predicted octanol–water partition coefficient (Wildman–Crippen LogP) is -0.388. The molecule has 4 heavy (non-hydrogen) atoms. The zero-order valence-electron chi connectivity index (χ0n) is 1.12. The quantitative estimate of drug-likeness (QED) is 0.429. The molecule has 0 heterocycles. The second-order valence-electron chi connectivity index (χ2n) is 0. The van der Waals surface area contributed by atoms with Crippen molar-refractivity contribution in [2.45, 2.75) is 7.43 Å². The van der Waals surface area contributed by atoms with Crippen LogP contribution in [0.4, 0.5) is 0 Å². The van der Waals surface area contributed by atoms with Gasteiger partial charge in [0.15, 0.2) is 17.4 Å². The van der Waals surface area contributed by atoms with Gasteiger partial charge in [-0.25, -0.2) is 0 Å². The standard InChI is InChI=1S/CH4.Al.Cr.H3N.3H/h1H4;;;1H3;;;. The molecule has 28 valence electrons. The van der Waals surface area contributed by atoms with Crippen molar-refractivity contribution in [2.24, 2.45) is 0 Å². The normalized spacial score (nSPS) is 0. The first-order valence-corrected chi connectivity index (χ1v) is 0. The van der Waals surface area contributed by atoms with E-state index in [0.29, 0.717) is 0 Å². The van der Waals surface area contributed by atoms with E-state index in [1.54, 1.807) is 0 Å². The molecule has 0 rings (SSSR count). The summed E-state index contributed by atoms with van der Waals surface area (Å²) in [4.78, 5) is 0. The first-order chi connectivity index (χ1) is 0. The van der Waals surface area contributed by atoms with Gasteiger partial charge in [0.1, 0.15) is 0 Å². The van der Waals surface area contributed by atoms with Crippen LogP contribution < -0.4 is 6.15 Å². The summed E-state index contributed by atoms with van der Waals surface area (Å²) in [6.45, 7) is 0. The fourth-order valence-electron chi connectivity index (χ4n) is 0. The Labute approximate surface area is 48.6 Å². The van der Waals surface area contributed by atoms with Crippen molar-refractivity contribution in [1.82, 2.24) is 6.15 Å². The van der Waals surface area contributed by atoms with Gasteiger partial charge in [-0.05, 0) is 0 Å². The van der Waals surface area contributed by atoms with E-state index in [4.69, 9.17) is 0 Å². The van der Waals surface area contributed by atoms with Crippen LogP contribution in [0.1, 0.15) is 7.43 Å². The Bertz CT molecular complexity index is 8.00. The third-order valence-electron chi connectivity index (χ3n) is 0. The van der Waals surface area contributed by atoms with E-state index < -0.39 is 0 Å². The first kappa shape index (κ1) is 77.5. The smallest absolute Gasteiger partial charge is 0.187 e. The Kier molecular flexibility index (Phi) is 679. The SMILES string of the molecule is C.N.[AlH3].[Cr].